The van der Waals surface area contributed by atoms with Crippen LogP contribution in [0.4, 0.5) is 0 Å². The van der Waals surface area contributed by atoms with E-state index in [1.807, 2.05) is 206 Å². The highest BCUT2D eigenvalue weighted by Crippen LogP contribution is 2.40. The van der Waals surface area contributed by atoms with Gasteiger partial charge in [-0.3, -0.25) is 26.9 Å². The van der Waals surface area contributed by atoms with Gasteiger partial charge in [-0.15, -0.1) is 0 Å². The highest BCUT2D eigenvalue weighted by atomic mass is 15.2. The minimum atomic E-state index is 0.0302. The second-order valence-corrected chi connectivity index (χ2v) is 35.1. The molecule has 0 N–H and O–H groups in total. The van der Waals surface area contributed by atoms with Gasteiger partial charge < -0.3 is 0 Å². The van der Waals surface area contributed by atoms with Crippen molar-refractivity contribution in [1.29, 1.82) is 0 Å². The average Bonchev–Trinajstić information content (AvgIpc) is 1.57. The van der Waals surface area contributed by atoms with Gasteiger partial charge in [0.25, 0.3) is 0 Å². The number of para-hydroxylation sites is 6. The molecule has 0 saturated carbocycles. The second kappa shape index (κ2) is 34.4. The monoisotopic (exact) mass is 1760 g/mol. The summed E-state index contributed by atoms with van der Waals surface area (Å²) < 4.78 is 13.5. The molecule has 18 heteroatoms. The number of nitrogens with zero attached hydrogens (tertiary/aromatic N) is 18. The van der Waals surface area contributed by atoms with Gasteiger partial charge in [0.1, 0.15) is 0 Å². The maximum Gasteiger partial charge on any atom is 0.220 e. The average molecular weight is 1770 g/mol. The summed E-state index contributed by atoms with van der Waals surface area (Å²) in [5.41, 5.74) is 31.6. The summed E-state index contributed by atoms with van der Waals surface area (Å²) >= 11 is 0. The molecule has 0 aliphatic heterocycles. The molecule has 0 aliphatic rings. The van der Waals surface area contributed by atoms with Gasteiger partial charge in [0.05, 0.1) is 66.2 Å². The van der Waals surface area contributed by atoms with Crippen LogP contribution in [0, 0.1) is 6.92 Å². The zero-order chi connectivity index (χ0) is 91.6. The van der Waals surface area contributed by atoms with Gasteiger partial charge in [-0.25, -0.2) is 59.8 Å². The van der Waals surface area contributed by atoms with Crippen molar-refractivity contribution in [3.05, 3.63) is 448 Å². The van der Waals surface area contributed by atoms with Crippen molar-refractivity contribution in [2.45, 2.75) is 33.1 Å². The fourth-order valence-corrected chi connectivity index (χ4v) is 18.3. The minimum absolute atomic E-state index is 0.0302. The first-order chi connectivity index (χ1) is 67.4. The van der Waals surface area contributed by atoms with E-state index < -0.39 is 0 Å². The first kappa shape index (κ1) is 81.8. The van der Waals surface area contributed by atoms with Gasteiger partial charge in [-0.2, -0.15) is 0 Å². The van der Waals surface area contributed by atoms with Gasteiger partial charge in [0.15, 0.2) is 52.4 Å². The summed E-state index contributed by atoms with van der Waals surface area (Å²) in [6.07, 6.45) is 0. The van der Waals surface area contributed by atoms with Crippen molar-refractivity contribution >= 4 is 83.5 Å². The maximum atomic E-state index is 5.14. The van der Waals surface area contributed by atoms with E-state index in [0.29, 0.717) is 52.4 Å². The van der Waals surface area contributed by atoms with Gasteiger partial charge in [0, 0.05) is 67.1 Å². The van der Waals surface area contributed by atoms with E-state index in [4.69, 9.17) is 59.8 Å². The number of hydrogen-bond acceptors (Lipinski definition) is 12. The third-order valence-electron chi connectivity index (χ3n) is 25.2. The number of aromatic nitrogens is 18. The summed E-state index contributed by atoms with van der Waals surface area (Å²) in [4.78, 5) is 59.2. The van der Waals surface area contributed by atoms with E-state index in [0.717, 1.165) is 156 Å². The van der Waals surface area contributed by atoms with E-state index in [1.54, 1.807) is 0 Å². The molecule has 0 aliphatic carbocycles. The first-order valence-electron chi connectivity index (χ1n) is 45.7. The fraction of sp³-hybridized carbons (Fsp3) is 0.0420. The Hall–Kier alpha value is -18.4. The van der Waals surface area contributed by atoms with Crippen molar-refractivity contribution in [1.82, 2.24) is 86.7 Å². The van der Waals surface area contributed by atoms with Gasteiger partial charge in [0.2, 0.25) is 17.3 Å². The molecule has 9 aromatic heterocycles. The van der Waals surface area contributed by atoms with Crippen LogP contribution in [0.25, 0.3) is 225 Å². The highest BCUT2D eigenvalue weighted by Gasteiger charge is 2.26. The normalized spacial score (nSPS) is 11.6. The Bertz CT molecular complexity index is 8830. The van der Waals surface area contributed by atoms with E-state index in [2.05, 4.69) is 285 Å². The number of fused-ring (bicyclic) bond motifs is 15. The van der Waals surface area contributed by atoms with Gasteiger partial charge in [-0.05, 0) is 191 Å². The summed E-state index contributed by atoms with van der Waals surface area (Å²) in [6.45, 7) is 8.88. The summed E-state index contributed by atoms with van der Waals surface area (Å²) in [6, 6.07) is 150. The molecule has 0 bridgehead atoms. The van der Waals surface area contributed by atoms with Crippen molar-refractivity contribution in [3.8, 4) is 142 Å². The molecule has 0 amide bonds. The van der Waals surface area contributed by atoms with Crippen LogP contribution >= 0.6 is 0 Å². The van der Waals surface area contributed by atoms with Crippen molar-refractivity contribution < 1.29 is 0 Å². The molecular formula is C119H84N18. The molecule has 0 unspecified atom stereocenters. The molecule has 9 heterocycles. The Morgan fingerprint density at radius 1 is 0.168 bits per heavy atom. The summed E-state index contributed by atoms with van der Waals surface area (Å²) in [5, 5.41) is 0. The van der Waals surface area contributed by atoms with Crippen molar-refractivity contribution in [3.63, 3.8) is 0 Å². The molecule has 18 nitrogen and oxygen atoms in total. The molecular weight excluding hydrogens is 1680 g/mol. The van der Waals surface area contributed by atoms with Crippen LogP contribution in [0.5, 0.6) is 0 Å². The van der Waals surface area contributed by atoms with Crippen molar-refractivity contribution in [2.24, 2.45) is 0 Å². The number of hydrogen-bond donors (Lipinski definition) is 0. The van der Waals surface area contributed by atoms with E-state index >= 15 is 0 Å². The third-order valence-corrected chi connectivity index (χ3v) is 25.2. The molecule has 0 atom stereocenters. The number of imidazole rings is 6. The van der Waals surface area contributed by atoms with Crippen LogP contribution in [-0.4, -0.2) is 86.7 Å². The lowest BCUT2D eigenvalue weighted by Gasteiger charge is -2.19. The zero-order valence-electron chi connectivity index (χ0n) is 75.1. The Kier molecular flexibility index (Phi) is 20.5. The first-order valence-corrected chi connectivity index (χ1v) is 45.7. The third kappa shape index (κ3) is 15.4. The molecule has 0 radical (unpaired) electrons. The molecule has 650 valence electrons. The highest BCUT2D eigenvalue weighted by molar-refractivity contribution is 5.97. The lowest BCUT2D eigenvalue weighted by Crippen LogP contribution is -2.10. The molecule has 26 rings (SSSR count). The standard InChI is InChI=1S/C46H30N6.C38H30N6.C35H24N6/c1-4-12-31(13-5-1)32-20-22-33(23-21-32)37-26-29-41-42(30-37)52-40-19-11-10-18-39(40)47-46(52)51(41)38-27-24-36(25-28-38)45-49-43(34-14-6-2-7-15-34)48-44(50-45)35-16-8-3-9-17-35;1-38(2,3)28-20-23-32-33(24-28)44-31-17-11-10-16-30(31)39-37(44)43(32)29-21-18-27(19-22-29)36-41-34(25-12-6-4-7-13-25)40-35(42-36)26-14-8-5-9-15-26;1-23-16-21-30-31(22-23)41-29-15-9-8-14-28(29)36-35(41)40(30)27-19-17-26(18-20-27)34-38-32(24-10-4-2-5-11-24)37-33(39-34)25-12-6-3-7-13-25/h1-30H;4-24H,1-3H3;2-22H,1H3. The van der Waals surface area contributed by atoms with Gasteiger partial charge >= 0.3 is 0 Å². The summed E-state index contributed by atoms with van der Waals surface area (Å²) in [7, 11) is 0. The van der Waals surface area contributed by atoms with E-state index in [1.165, 1.54) is 27.8 Å². The quantitative estimate of drug-likeness (QED) is 0.101. The van der Waals surface area contributed by atoms with Crippen LogP contribution in [-0.2, 0) is 5.41 Å². The molecule has 17 aromatic carbocycles. The summed E-state index contributed by atoms with van der Waals surface area (Å²) in [5.74, 6) is 8.40. The van der Waals surface area contributed by atoms with Gasteiger partial charge in [-0.1, -0.05) is 312 Å². The lowest BCUT2D eigenvalue weighted by molar-refractivity contribution is 0.591. The van der Waals surface area contributed by atoms with Crippen LogP contribution < -0.4 is 0 Å². The predicted octanol–water partition coefficient (Wildman–Crippen LogP) is 27.8. The molecule has 0 saturated heterocycles. The maximum absolute atomic E-state index is 5.14. The van der Waals surface area contributed by atoms with Crippen LogP contribution in [0.1, 0.15) is 31.9 Å². The smallest absolute Gasteiger partial charge is 0.220 e. The van der Waals surface area contributed by atoms with Crippen LogP contribution in [0.15, 0.2) is 437 Å². The Morgan fingerprint density at radius 3 is 0.686 bits per heavy atom. The van der Waals surface area contributed by atoms with E-state index in [-0.39, 0.29) is 5.41 Å². The van der Waals surface area contributed by atoms with E-state index in [9.17, 15) is 0 Å². The zero-order valence-corrected chi connectivity index (χ0v) is 75.1. The topological polar surface area (TPSA) is 183 Å². The Morgan fingerprint density at radius 2 is 0.387 bits per heavy atom. The van der Waals surface area contributed by atoms with Crippen LogP contribution in [0.2, 0.25) is 0 Å². The fourth-order valence-electron chi connectivity index (χ4n) is 18.3. The van der Waals surface area contributed by atoms with Crippen molar-refractivity contribution in [2.75, 3.05) is 0 Å². The van der Waals surface area contributed by atoms with Crippen LogP contribution in [0.3, 0.4) is 0 Å². The number of aryl methyl sites for hydroxylation is 1. The molecule has 0 fully saturated rings. The molecule has 0 spiro atoms. The Labute approximate surface area is 788 Å². The second-order valence-electron chi connectivity index (χ2n) is 35.1. The minimum Gasteiger partial charge on any atom is -0.278 e. The Balaban J connectivity index is 0.000000113. The number of benzene rings is 17. The largest absolute Gasteiger partial charge is 0.278 e. The predicted molar refractivity (Wildman–Crippen MR) is 552 cm³/mol. The lowest BCUT2D eigenvalue weighted by atomic mass is 9.87. The SMILES string of the molecule is CC(C)(C)c1ccc2c(c1)n1c3ccccc3nc1n2-c1ccc(-c2nc(-c3ccccc3)nc(-c3ccccc3)n2)cc1.Cc1ccc2c(c1)n1c3ccccc3nc1n2-c1ccc(-c2nc(-c3ccccc3)nc(-c3ccccc3)n2)cc1.c1ccc(-c2ccc(-c3ccc4c(c3)n3c5ccccc5nc3n4-c3ccc(-c4nc(-c5ccccc5)nc(-c5ccccc5)n4)cc3)cc2)cc1. The molecule has 137 heavy (non-hydrogen) atoms. The molecule has 26 aromatic rings. The number of rotatable bonds is 14.